The Morgan fingerprint density at radius 3 is 2.24 bits per heavy atom. The molecule has 0 aliphatic heterocycles. The number of hydrogen-bond acceptors (Lipinski definition) is 5. The van der Waals surface area contributed by atoms with Crippen molar-refractivity contribution in [1.82, 2.24) is 4.98 Å². The fourth-order valence-electron chi connectivity index (χ4n) is 1.41. The highest BCUT2D eigenvalue weighted by molar-refractivity contribution is 5.92. The van der Waals surface area contributed by atoms with Crippen molar-refractivity contribution in [1.29, 1.82) is 0 Å². The minimum absolute atomic E-state index is 0.400. The van der Waals surface area contributed by atoms with E-state index in [-0.39, 0.29) is 0 Å². The second-order valence-electron chi connectivity index (χ2n) is 3.58. The summed E-state index contributed by atoms with van der Waals surface area (Å²) in [4.78, 5) is 14.4. The van der Waals surface area contributed by atoms with Crippen molar-refractivity contribution in [2.45, 2.75) is 19.1 Å². The Kier molecular flexibility index (Phi) is 4.66. The first-order valence-electron chi connectivity index (χ1n) is 5.15. The smallest absolute Gasteiger partial charge is 0.465 e. The normalized spacial score (nSPS) is 12.2. The van der Waals surface area contributed by atoms with E-state index in [1.54, 1.807) is 0 Å². The number of alkyl halides is 6. The van der Waals surface area contributed by atoms with Crippen LogP contribution in [0, 0.1) is 0 Å². The summed E-state index contributed by atoms with van der Waals surface area (Å²) in [6, 6.07) is 0.595. The van der Waals surface area contributed by atoms with Crippen LogP contribution in [0.1, 0.15) is 21.6 Å². The zero-order valence-corrected chi connectivity index (χ0v) is 10.3. The monoisotopic (exact) mass is 318 g/mol. The lowest BCUT2D eigenvalue weighted by molar-refractivity contribution is -0.278. The third-order valence-corrected chi connectivity index (χ3v) is 2.15. The minimum Gasteiger partial charge on any atom is -0.465 e. The van der Waals surface area contributed by atoms with Crippen LogP contribution in [0.4, 0.5) is 26.3 Å². The Balaban J connectivity index is 3.62. The average molecular weight is 318 g/mol. The Bertz CT molecular complexity index is 541. The molecule has 0 fully saturated rings. The van der Waals surface area contributed by atoms with Crippen molar-refractivity contribution in [3.8, 4) is 5.88 Å². The van der Waals surface area contributed by atoms with Crippen LogP contribution >= 0.6 is 0 Å². The zero-order valence-electron chi connectivity index (χ0n) is 10.3. The molecule has 1 aromatic rings. The Labute approximate surface area is 113 Å². The molecular weight excluding hydrogens is 310 g/mol. The molecule has 0 bridgehead atoms. The number of rotatable bonds is 3. The van der Waals surface area contributed by atoms with Crippen LogP contribution in [0.15, 0.2) is 6.07 Å². The minimum atomic E-state index is -5.42. The van der Waals surface area contributed by atoms with Gasteiger partial charge in [-0.1, -0.05) is 0 Å². The highest BCUT2D eigenvalue weighted by Crippen LogP contribution is 2.40. The van der Waals surface area contributed by atoms with Gasteiger partial charge in [0.05, 0.1) is 18.4 Å². The van der Waals surface area contributed by atoms with Crippen molar-refractivity contribution in [3.63, 3.8) is 0 Å². The van der Waals surface area contributed by atoms with E-state index in [1.807, 2.05) is 0 Å². The molecule has 0 amide bonds. The highest BCUT2D eigenvalue weighted by atomic mass is 19.4. The van der Waals surface area contributed by atoms with Crippen LogP contribution in [0.5, 0.6) is 5.88 Å². The highest BCUT2D eigenvalue weighted by Gasteiger charge is 2.44. The zero-order chi connectivity index (χ0) is 16.4. The van der Waals surface area contributed by atoms with E-state index in [4.69, 9.17) is 5.73 Å². The summed E-state index contributed by atoms with van der Waals surface area (Å²) in [5, 5.41) is 0. The van der Waals surface area contributed by atoms with Gasteiger partial charge in [-0.15, -0.1) is 13.2 Å². The summed E-state index contributed by atoms with van der Waals surface area (Å²) >= 11 is 0. The maximum Gasteiger partial charge on any atom is 0.574 e. The fraction of sp³-hybridized carbons (Fsp3) is 0.400. The fourth-order valence-corrected chi connectivity index (χ4v) is 1.41. The maximum atomic E-state index is 12.9. The molecular formula is C10H8F6N2O3. The molecule has 0 aromatic carbocycles. The van der Waals surface area contributed by atoms with Gasteiger partial charge in [0.2, 0.25) is 5.88 Å². The molecule has 2 N–H and O–H groups in total. The van der Waals surface area contributed by atoms with Gasteiger partial charge in [-0.3, -0.25) is 0 Å². The van der Waals surface area contributed by atoms with E-state index in [0.29, 0.717) is 6.07 Å². The third-order valence-electron chi connectivity index (χ3n) is 2.15. The molecule has 0 saturated heterocycles. The molecule has 1 aromatic heterocycles. The van der Waals surface area contributed by atoms with Crippen LogP contribution in [0.3, 0.4) is 0 Å². The standard InChI is InChI=1S/C10H8F6N2O3/c1-20-8(19)5-2-4(3-17)18-7(21-10(14,15)16)6(5)9(11,12)13/h2H,3,17H2,1H3. The number of nitrogens with zero attached hydrogens (tertiary/aromatic N) is 1. The summed E-state index contributed by atoms with van der Waals surface area (Å²) in [5.41, 5.74) is 1.57. The summed E-state index contributed by atoms with van der Waals surface area (Å²) < 4.78 is 82.6. The summed E-state index contributed by atoms with van der Waals surface area (Å²) in [5.74, 6) is -3.30. The van der Waals surface area contributed by atoms with Crippen LogP contribution in [0.25, 0.3) is 0 Å². The number of carbonyl (C=O) groups excluding carboxylic acids is 1. The van der Waals surface area contributed by atoms with Gasteiger partial charge >= 0.3 is 18.5 Å². The molecule has 0 saturated carbocycles. The first-order valence-corrected chi connectivity index (χ1v) is 5.15. The van der Waals surface area contributed by atoms with Crippen LogP contribution in [0.2, 0.25) is 0 Å². The topological polar surface area (TPSA) is 74.4 Å². The van der Waals surface area contributed by atoms with Gasteiger partial charge in [-0.05, 0) is 6.07 Å². The van der Waals surface area contributed by atoms with Gasteiger partial charge in [-0.25, -0.2) is 9.78 Å². The van der Waals surface area contributed by atoms with Crippen molar-refractivity contribution < 1.29 is 40.6 Å². The second-order valence-corrected chi connectivity index (χ2v) is 3.58. The molecule has 118 valence electrons. The number of methoxy groups -OCH3 is 1. The first kappa shape index (κ1) is 17.0. The van der Waals surface area contributed by atoms with Crippen molar-refractivity contribution in [3.05, 3.63) is 22.9 Å². The number of esters is 1. The van der Waals surface area contributed by atoms with Crippen LogP contribution < -0.4 is 10.5 Å². The Hall–Kier alpha value is -2.04. The predicted molar refractivity (Wildman–Crippen MR) is 55.2 cm³/mol. The molecule has 0 unspecified atom stereocenters. The Morgan fingerprint density at radius 1 is 1.29 bits per heavy atom. The molecule has 1 rings (SSSR count). The molecule has 0 spiro atoms. The lowest BCUT2D eigenvalue weighted by Gasteiger charge is -2.17. The number of ether oxygens (including phenoxy) is 2. The molecule has 21 heavy (non-hydrogen) atoms. The largest absolute Gasteiger partial charge is 0.574 e. The summed E-state index contributed by atoms with van der Waals surface area (Å²) in [7, 11) is 0.773. The number of carbonyl (C=O) groups is 1. The quantitative estimate of drug-likeness (QED) is 0.683. The number of aromatic nitrogens is 1. The van der Waals surface area contributed by atoms with Gasteiger partial charge in [0.25, 0.3) is 0 Å². The van der Waals surface area contributed by atoms with Gasteiger partial charge in [-0.2, -0.15) is 13.2 Å². The lowest BCUT2D eigenvalue weighted by atomic mass is 10.1. The number of halogens is 6. The van der Waals surface area contributed by atoms with Gasteiger partial charge in [0, 0.05) is 6.54 Å². The van der Waals surface area contributed by atoms with Gasteiger partial charge < -0.3 is 15.2 Å². The molecule has 1 heterocycles. The van der Waals surface area contributed by atoms with E-state index in [2.05, 4.69) is 14.5 Å². The summed E-state index contributed by atoms with van der Waals surface area (Å²) in [6.07, 6.45) is -10.7. The van der Waals surface area contributed by atoms with Crippen molar-refractivity contribution in [2.75, 3.05) is 7.11 Å². The molecule has 0 radical (unpaired) electrons. The predicted octanol–water partition coefficient (Wildman–Crippen LogP) is 2.24. The van der Waals surface area contributed by atoms with E-state index in [1.165, 1.54) is 0 Å². The molecule has 5 nitrogen and oxygen atoms in total. The molecule has 0 aliphatic rings. The third kappa shape index (κ3) is 4.21. The maximum absolute atomic E-state index is 12.9. The van der Waals surface area contributed by atoms with Gasteiger partial charge in [0.15, 0.2) is 0 Å². The van der Waals surface area contributed by atoms with Crippen LogP contribution in [-0.4, -0.2) is 24.4 Å². The molecule has 11 heteroatoms. The first-order chi connectivity index (χ1) is 9.49. The number of nitrogens with two attached hydrogens (primary N) is 1. The summed E-state index contributed by atoms with van der Waals surface area (Å²) in [6.45, 7) is -0.504. The van der Waals surface area contributed by atoms with Crippen molar-refractivity contribution in [2.24, 2.45) is 5.73 Å². The van der Waals surface area contributed by atoms with Gasteiger partial charge in [0.1, 0.15) is 5.56 Å². The SMILES string of the molecule is COC(=O)c1cc(CN)nc(OC(F)(F)F)c1C(F)(F)F. The number of pyridine rings is 1. The number of hydrogen-bond donors (Lipinski definition) is 1. The van der Waals surface area contributed by atoms with E-state index < -0.39 is 47.8 Å². The van der Waals surface area contributed by atoms with E-state index in [9.17, 15) is 31.1 Å². The van der Waals surface area contributed by atoms with Crippen molar-refractivity contribution >= 4 is 5.97 Å². The Morgan fingerprint density at radius 2 is 1.86 bits per heavy atom. The lowest BCUT2D eigenvalue weighted by Crippen LogP contribution is -2.24. The van der Waals surface area contributed by atoms with E-state index >= 15 is 0 Å². The molecule has 0 atom stereocenters. The second kappa shape index (κ2) is 5.76. The van der Waals surface area contributed by atoms with E-state index in [0.717, 1.165) is 7.11 Å². The van der Waals surface area contributed by atoms with Crippen LogP contribution in [-0.2, 0) is 17.5 Å². The average Bonchev–Trinajstić information content (AvgIpc) is 2.33. The molecule has 0 aliphatic carbocycles.